The largest absolute Gasteiger partial charge is 0.364 e. The molecule has 0 bridgehead atoms. The number of amides is 2. The van der Waals surface area contributed by atoms with Crippen LogP contribution in [0.2, 0.25) is 0 Å². The van der Waals surface area contributed by atoms with E-state index in [9.17, 15) is 9.59 Å². The van der Waals surface area contributed by atoms with Crippen molar-refractivity contribution in [2.75, 3.05) is 19.6 Å². The highest BCUT2D eigenvalue weighted by atomic mass is 16.5. The summed E-state index contributed by atoms with van der Waals surface area (Å²) < 4.78 is 5.53. The summed E-state index contributed by atoms with van der Waals surface area (Å²) in [6.45, 7) is 1.75. The molecule has 2 aliphatic heterocycles. The standard InChI is InChI=1S/C17H23N3O3/c18-9-14-5-6-15(23-14)17(22)19-10-16(21)20-8-7-12-3-1-2-4-13(12)11-20/h1-4,14-15H,5-11,18H2,(H,19,22)/t14-,15+/m1/s1. The Labute approximate surface area is 136 Å². The first kappa shape index (κ1) is 16.0. The second-order valence-electron chi connectivity index (χ2n) is 6.11. The van der Waals surface area contributed by atoms with E-state index in [1.165, 1.54) is 11.1 Å². The van der Waals surface area contributed by atoms with Crippen molar-refractivity contribution in [2.24, 2.45) is 5.73 Å². The van der Waals surface area contributed by atoms with E-state index in [0.29, 0.717) is 26.1 Å². The maximum atomic E-state index is 12.3. The molecular formula is C17H23N3O3. The number of benzene rings is 1. The van der Waals surface area contributed by atoms with Crippen molar-refractivity contribution in [3.05, 3.63) is 35.4 Å². The van der Waals surface area contributed by atoms with Crippen LogP contribution in [-0.2, 0) is 27.3 Å². The molecule has 0 spiro atoms. The molecule has 1 aromatic rings. The van der Waals surface area contributed by atoms with Gasteiger partial charge in [0, 0.05) is 19.6 Å². The van der Waals surface area contributed by atoms with E-state index < -0.39 is 6.10 Å². The summed E-state index contributed by atoms with van der Waals surface area (Å²) in [4.78, 5) is 26.1. The minimum atomic E-state index is -0.474. The van der Waals surface area contributed by atoms with Crippen LogP contribution in [0.15, 0.2) is 24.3 Å². The summed E-state index contributed by atoms with van der Waals surface area (Å²) >= 11 is 0. The van der Waals surface area contributed by atoms with E-state index in [1.54, 1.807) is 4.90 Å². The fourth-order valence-corrected chi connectivity index (χ4v) is 3.17. The van der Waals surface area contributed by atoms with Gasteiger partial charge in [-0.15, -0.1) is 0 Å². The Kier molecular flexibility index (Phi) is 4.93. The maximum absolute atomic E-state index is 12.3. The summed E-state index contributed by atoms with van der Waals surface area (Å²) in [5.74, 6) is -0.270. The SMILES string of the molecule is NC[C@H]1CC[C@@H](C(=O)NCC(=O)N2CCc3ccccc3C2)O1. The molecule has 0 unspecified atom stereocenters. The fraction of sp³-hybridized carbons (Fsp3) is 0.529. The molecule has 124 valence electrons. The number of rotatable bonds is 4. The van der Waals surface area contributed by atoms with Crippen LogP contribution >= 0.6 is 0 Å². The second kappa shape index (κ2) is 7.10. The van der Waals surface area contributed by atoms with Gasteiger partial charge in [-0.2, -0.15) is 0 Å². The molecule has 2 amide bonds. The van der Waals surface area contributed by atoms with Gasteiger partial charge in [0.2, 0.25) is 11.8 Å². The van der Waals surface area contributed by atoms with Crippen molar-refractivity contribution in [2.45, 2.75) is 38.0 Å². The van der Waals surface area contributed by atoms with Crippen molar-refractivity contribution in [1.82, 2.24) is 10.2 Å². The first-order chi connectivity index (χ1) is 11.2. The van der Waals surface area contributed by atoms with Crippen LogP contribution < -0.4 is 11.1 Å². The number of nitrogens with two attached hydrogens (primary N) is 1. The lowest BCUT2D eigenvalue weighted by molar-refractivity contribution is -0.137. The van der Waals surface area contributed by atoms with Gasteiger partial charge >= 0.3 is 0 Å². The number of hydrogen-bond acceptors (Lipinski definition) is 4. The van der Waals surface area contributed by atoms with Crippen molar-refractivity contribution in [3.8, 4) is 0 Å². The third-order valence-electron chi connectivity index (χ3n) is 4.56. The van der Waals surface area contributed by atoms with Crippen LogP contribution in [0.1, 0.15) is 24.0 Å². The number of nitrogens with zero attached hydrogens (tertiary/aromatic N) is 1. The molecule has 0 aliphatic carbocycles. The second-order valence-corrected chi connectivity index (χ2v) is 6.11. The quantitative estimate of drug-likeness (QED) is 0.830. The van der Waals surface area contributed by atoms with Gasteiger partial charge in [-0.1, -0.05) is 24.3 Å². The topological polar surface area (TPSA) is 84.7 Å². The molecule has 6 heteroatoms. The molecule has 2 aliphatic rings. The van der Waals surface area contributed by atoms with Gasteiger partial charge in [-0.25, -0.2) is 0 Å². The van der Waals surface area contributed by atoms with Crippen LogP contribution in [-0.4, -0.2) is 48.6 Å². The summed E-state index contributed by atoms with van der Waals surface area (Å²) in [5.41, 5.74) is 8.02. The molecule has 1 saturated heterocycles. The van der Waals surface area contributed by atoms with E-state index in [-0.39, 0.29) is 24.5 Å². The predicted molar refractivity (Wildman–Crippen MR) is 85.5 cm³/mol. The van der Waals surface area contributed by atoms with Crippen molar-refractivity contribution in [3.63, 3.8) is 0 Å². The Balaban J connectivity index is 1.48. The molecular weight excluding hydrogens is 294 g/mol. The number of carbonyl (C=O) groups excluding carboxylic acids is 2. The number of hydrogen-bond donors (Lipinski definition) is 2. The molecule has 2 atom stereocenters. The van der Waals surface area contributed by atoms with Crippen LogP contribution in [0, 0.1) is 0 Å². The van der Waals surface area contributed by atoms with Crippen LogP contribution in [0.4, 0.5) is 0 Å². The minimum Gasteiger partial charge on any atom is -0.364 e. The lowest BCUT2D eigenvalue weighted by atomic mass is 10.00. The number of ether oxygens (including phenoxy) is 1. The molecule has 0 saturated carbocycles. The zero-order valence-electron chi connectivity index (χ0n) is 13.2. The summed E-state index contributed by atoms with van der Waals surface area (Å²) in [6, 6.07) is 8.16. The molecule has 3 N–H and O–H groups in total. The van der Waals surface area contributed by atoms with Crippen molar-refractivity contribution in [1.29, 1.82) is 0 Å². The molecule has 23 heavy (non-hydrogen) atoms. The zero-order valence-corrected chi connectivity index (χ0v) is 13.2. The van der Waals surface area contributed by atoms with Gasteiger partial charge in [-0.05, 0) is 30.4 Å². The van der Waals surface area contributed by atoms with Gasteiger partial charge in [0.05, 0.1) is 12.6 Å². The first-order valence-corrected chi connectivity index (χ1v) is 8.15. The summed E-state index contributed by atoms with van der Waals surface area (Å²) in [7, 11) is 0. The highest BCUT2D eigenvalue weighted by Crippen LogP contribution is 2.19. The molecule has 1 fully saturated rings. The van der Waals surface area contributed by atoms with E-state index in [0.717, 1.165) is 12.8 Å². The lowest BCUT2D eigenvalue weighted by Crippen LogP contribution is -2.45. The molecule has 0 aromatic heterocycles. The molecule has 3 rings (SSSR count). The third-order valence-corrected chi connectivity index (χ3v) is 4.56. The van der Waals surface area contributed by atoms with Crippen molar-refractivity contribution < 1.29 is 14.3 Å². The fourth-order valence-electron chi connectivity index (χ4n) is 3.17. The van der Waals surface area contributed by atoms with E-state index in [4.69, 9.17) is 10.5 Å². The highest BCUT2D eigenvalue weighted by molar-refractivity contribution is 5.87. The number of fused-ring (bicyclic) bond motifs is 1. The summed E-state index contributed by atoms with van der Waals surface area (Å²) in [5, 5.41) is 2.69. The van der Waals surface area contributed by atoms with Gasteiger partial charge < -0.3 is 20.7 Å². The average Bonchev–Trinajstić information content (AvgIpc) is 3.08. The molecule has 1 aromatic carbocycles. The third kappa shape index (κ3) is 3.71. The van der Waals surface area contributed by atoms with Gasteiger partial charge in [0.15, 0.2) is 0 Å². The Hall–Kier alpha value is -1.92. The van der Waals surface area contributed by atoms with Gasteiger partial charge in [0.25, 0.3) is 0 Å². The zero-order chi connectivity index (χ0) is 16.2. The Bertz CT molecular complexity index is 590. The lowest BCUT2D eigenvalue weighted by Gasteiger charge is -2.29. The van der Waals surface area contributed by atoms with Gasteiger partial charge in [0.1, 0.15) is 6.10 Å². The van der Waals surface area contributed by atoms with Crippen LogP contribution in [0.25, 0.3) is 0 Å². The minimum absolute atomic E-state index is 0.0220. The van der Waals surface area contributed by atoms with Crippen LogP contribution in [0.3, 0.4) is 0 Å². The summed E-state index contributed by atoms with van der Waals surface area (Å²) in [6.07, 6.45) is 1.81. The number of nitrogens with one attached hydrogen (secondary N) is 1. The molecule has 0 radical (unpaired) electrons. The average molecular weight is 317 g/mol. The highest BCUT2D eigenvalue weighted by Gasteiger charge is 2.30. The number of carbonyl (C=O) groups is 2. The Morgan fingerprint density at radius 1 is 1.26 bits per heavy atom. The monoisotopic (exact) mass is 317 g/mol. The predicted octanol–water partition coefficient (Wildman–Crippen LogP) is 0.194. The smallest absolute Gasteiger partial charge is 0.249 e. The molecule has 6 nitrogen and oxygen atoms in total. The molecule has 2 heterocycles. The Morgan fingerprint density at radius 3 is 2.78 bits per heavy atom. The van der Waals surface area contributed by atoms with E-state index >= 15 is 0 Å². The van der Waals surface area contributed by atoms with E-state index in [1.807, 2.05) is 18.2 Å². The van der Waals surface area contributed by atoms with E-state index in [2.05, 4.69) is 11.4 Å². The first-order valence-electron chi connectivity index (χ1n) is 8.15. The van der Waals surface area contributed by atoms with Crippen LogP contribution in [0.5, 0.6) is 0 Å². The Morgan fingerprint density at radius 2 is 2.04 bits per heavy atom. The van der Waals surface area contributed by atoms with Crippen molar-refractivity contribution >= 4 is 11.8 Å². The maximum Gasteiger partial charge on any atom is 0.249 e. The van der Waals surface area contributed by atoms with Gasteiger partial charge in [-0.3, -0.25) is 9.59 Å². The normalized spacial score (nSPS) is 23.4.